The van der Waals surface area contributed by atoms with E-state index in [1.807, 2.05) is 0 Å². The maximum absolute atomic E-state index is 6.02. The van der Waals surface area contributed by atoms with Gasteiger partial charge in [0.05, 0.1) is 5.41 Å². The van der Waals surface area contributed by atoms with Crippen molar-refractivity contribution in [3.05, 3.63) is 35.5 Å². The summed E-state index contributed by atoms with van der Waals surface area (Å²) in [6.45, 7) is 4.66. The van der Waals surface area contributed by atoms with Gasteiger partial charge in [-0.25, -0.2) is 0 Å². The third kappa shape index (κ3) is 3.65. The molecular formula is C23H32. The Hall–Kier alpha value is -1.22. The van der Waals surface area contributed by atoms with Crippen LogP contribution >= 0.6 is 0 Å². The third-order valence-corrected chi connectivity index (χ3v) is 6.64. The summed E-state index contributed by atoms with van der Waals surface area (Å²) in [5.74, 6) is 5.57. The minimum atomic E-state index is -0.0119. The molecule has 3 rings (SSSR count). The summed E-state index contributed by atoms with van der Waals surface area (Å²) in [5, 5.41) is 0. The van der Waals surface area contributed by atoms with Gasteiger partial charge in [0.15, 0.2) is 0 Å². The quantitative estimate of drug-likeness (QED) is 0.525. The van der Waals surface area contributed by atoms with Crippen LogP contribution in [0.15, 0.2) is 35.5 Å². The molecule has 0 bridgehead atoms. The molecule has 23 heavy (non-hydrogen) atoms. The maximum Gasteiger partial charge on any atom is 0.0560 e. The van der Waals surface area contributed by atoms with Gasteiger partial charge in [0, 0.05) is 0 Å². The van der Waals surface area contributed by atoms with Crippen LogP contribution in [0.5, 0.6) is 0 Å². The molecule has 0 nitrogen and oxygen atoms in total. The zero-order valence-electron chi connectivity index (χ0n) is 15.0. The van der Waals surface area contributed by atoms with Gasteiger partial charge in [-0.2, -0.15) is 0 Å². The molecular weight excluding hydrogens is 276 g/mol. The molecule has 0 heterocycles. The van der Waals surface area contributed by atoms with Crippen molar-refractivity contribution in [1.29, 1.82) is 0 Å². The largest absolute Gasteiger partial charge is 0.119 e. The first kappa shape index (κ1) is 16.6. The molecule has 0 aromatic carbocycles. The van der Waals surface area contributed by atoms with Crippen molar-refractivity contribution in [3.63, 3.8) is 0 Å². The molecule has 3 aliphatic rings. The van der Waals surface area contributed by atoms with E-state index in [2.05, 4.69) is 44.1 Å². The van der Waals surface area contributed by atoms with Crippen LogP contribution in [0.3, 0.4) is 0 Å². The van der Waals surface area contributed by atoms with E-state index in [1.54, 1.807) is 0 Å². The third-order valence-electron chi connectivity index (χ3n) is 6.64. The van der Waals surface area contributed by atoms with Crippen LogP contribution in [0, 0.1) is 35.5 Å². The smallest absolute Gasteiger partial charge is 0.0560 e. The zero-order valence-corrected chi connectivity index (χ0v) is 15.0. The molecule has 0 spiro atoms. The Morgan fingerprint density at radius 2 is 1.83 bits per heavy atom. The zero-order chi connectivity index (χ0) is 16.3. The number of terminal acetylenes is 1. The van der Waals surface area contributed by atoms with Gasteiger partial charge in [-0.05, 0) is 62.4 Å². The SMILES string of the molecule is C#CC1(C2=CC=C(C)[C@@H](CC3CCCC3)C=C2)CCC(C)CC1. The molecule has 0 heteroatoms. The van der Waals surface area contributed by atoms with Crippen molar-refractivity contribution in [2.75, 3.05) is 0 Å². The van der Waals surface area contributed by atoms with E-state index in [0.29, 0.717) is 5.92 Å². The topological polar surface area (TPSA) is 0 Å². The Bertz CT molecular complexity index is 537. The van der Waals surface area contributed by atoms with E-state index < -0.39 is 0 Å². The lowest BCUT2D eigenvalue weighted by molar-refractivity contribution is 0.265. The second-order valence-electron chi connectivity index (χ2n) is 8.29. The Morgan fingerprint density at radius 3 is 2.48 bits per heavy atom. The summed E-state index contributed by atoms with van der Waals surface area (Å²) in [7, 11) is 0. The first-order chi connectivity index (χ1) is 11.1. The van der Waals surface area contributed by atoms with Gasteiger partial charge in [0.25, 0.3) is 0 Å². The molecule has 2 saturated carbocycles. The van der Waals surface area contributed by atoms with E-state index in [1.165, 1.54) is 56.1 Å². The van der Waals surface area contributed by atoms with Crippen LogP contribution in [-0.4, -0.2) is 0 Å². The van der Waals surface area contributed by atoms with Crippen LogP contribution in [-0.2, 0) is 0 Å². The summed E-state index contributed by atoms with van der Waals surface area (Å²) >= 11 is 0. The average Bonchev–Trinajstić information content (AvgIpc) is 3.01. The van der Waals surface area contributed by atoms with Gasteiger partial charge in [-0.1, -0.05) is 68.4 Å². The van der Waals surface area contributed by atoms with Gasteiger partial charge in [0.1, 0.15) is 0 Å². The van der Waals surface area contributed by atoms with Gasteiger partial charge >= 0.3 is 0 Å². The lowest BCUT2D eigenvalue weighted by Crippen LogP contribution is -2.26. The molecule has 0 aromatic heterocycles. The summed E-state index contributed by atoms with van der Waals surface area (Å²) in [4.78, 5) is 0. The molecule has 0 aliphatic heterocycles. The van der Waals surface area contributed by atoms with Crippen molar-refractivity contribution in [2.45, 2.75) is 71.6 Å². The molecule has 1 atom stereocenters. The van der Waals surface area contributed by atoms with E-state index in [0.717, 1.165) is 24.7 Å². The number of hydrogen-bond acceptors (Lipinski definition) is 0. The van der Waals surface area contributed by atoms with Crippen LogP contribution in [0.25, 0.3) is 0 Å². The van der Waals surface area contributed by atoms with Crippen molar-refractivity contribution in [3.8, 4) is 12.3 Å². The fraction of sp³-hybridized carbons (Fsp3) is 0.652. The average molecular weight is 309 g/mol. The van der Waals surface area contributed by atoms with Crippen molar-refractivity contribution in [2.24, 2.45) is 23.2 Å². The Labute approximate surface area is 143 Å². The fourth-order valence-electron chi connectivity index (χ4n) is 4.73. The Morgan fingerprint density at radius 1 is 1.13 bits per heavy atom. The van der Waals surface area contributed by atoms with E-state index in [9.17, 15) is 0 Å². The second-order valence-corrected chi connectivity index (χ2v) is 8.29. The molecule has 0 aromatic rings. The number of rotatable bonds is 3. The monoisotopic (exact) mass is 308 g/mol. The highest BCUT2D eigenvalue weighted by molar-refractivity contribution is 5.41. The standard InChI is InChI=1S/C23H32/c1-4-23(15-13-18(2)14-16-23)22-11-9-19(3)21(10-12-22)17-20-7-5-6-8-20/h1,9-12,18,20-21H,5-8,13-17H2,2-3H3/t18?,21-,23?/m1/s1. The maximum atomic E-state index is 6.02. The summed E-state index contributed by atoms with van der Waals surface area (Å²) in [5.41, 5.74) is 2.89. The fourth-order valence-corrected chi connectivity index (χ4v) is 4.73. The predicted molar refractivity (Wildman–Crippen MR) is 99.9 cm³/mol. The summed E-state index contributed by atoms with van der Waals surface area (Å²) in [6, 6.07) is 0. The van der Waals surface area contributed by atoms with Crippen LogP contribution in [0.2, 0.25) is 0 Å². The Balaban J connectivity index is 1.75. The highest BCUT2D eigenvalue weighted by Crippen LogP contribution is 2.45. The minimum Gasteiger partial charge on any atom is -0.119 e. The van der Waals surface area contributed by atoms with Crippen LogP contribution in [0.4, 0.5) is 0 Å². The number of hydrogen-bond donors (Lipinski definition) is 0. The summed E-state index contributed by atoms with van der Waals surface area (Å²) < 4.78 is 0. The molecule has 0 amide bonds. The van der Waals surface area contributed by atoms with Crippen LogP contribution in [0.1, 0.15) is 71.6 Å². The van der Waals surface area contributed by atoms with Gasteiger partial charge in [-0.15, -0.1) is 6.42 Å². The molecule has 0 saturated heterocycles. The Kier molecular flexibility index (Phi) is 5.15. The van der Waals surface area contributed by atoms with Crippen molar-refractivity contribution in [1.82, 2.24) is 0 Å². The van der Waals surface area contributed by atoms with Gasteiger partial charge in [-0.3, -0.25) is 0 Å². The minimum absolute atomic E-state index is 0.0119. The lowest BCUT2D eigenvalue weighted by atomic mass is 9.67. The van der Waals surface area contributed by atoms with Gasteiger partial charge < -0.3 is 0 Å². The van der Waals surface area contributed by atoms with E-state index in [-0.39, 0.29) is 5.41 Å². The molecule has 2 fully saturated rings. The number of allylic oxidation sites excluding steroid dienone is 6. The molecule has 124 valence electrons. The first-order valence-corrected chi connectivity index (χ1v) is 9.68. The lowest BCUT2D eigenvalue weighted by Gasteiger charge is -2.36. The highest BCUT2D eigenvalue weighted by Gasteiger charge is 2.35. The normalized spacial score (nSPS) is 35.3. The molecule has 0 N–H and O–H groups in total. The predicted octanol–water partition coefficient (Wildman–Crippen LogP) is 6.46. The van der Waals surface area contributed by atoms with Crippen LogP contribution < -0.4 is 0 Å². The molecule has 0 unspecified atom stereocenters. The first-order valence-electron chi connectivity index (χ1n) is 9.68. The van der Waals surface area contributed by atoms with Gasteiger partial charge in [0.2, 0.25) is 0 Å². The molecule has 3 aliphatic carbocycles. The summed E-state index contributed by atoms with van der Waals surface area (Å²) in [6.07, 6.45) is 27.5. The molecule has 0 radical (unpaired) electrons. The van der Waals surface area contributed by atoms with E-state index in [4.69, 9.17) is 6.42 Å². The van der Waals surface area contributed by atoms with E-state index >= 15 is 0 Å². The highest BCUT2D eigenvalue weighted by atomic mass is 14.4. The second kappa shape index (κ2) is 7.12. The van der Waals surface area contributed by atoms with Crippen molar-refractivity contribution < 1.29 is 0 Å². The van der Waals surface area contributed by atoms with Crippen molar-refractivity contribution >= 4 is 0 Å².